The van der Waals surface area contributed by atoms with Gasteiger partial charge in [-0.2, -0.15) is 15.9 Å². The molecule has 37 heavy (non-hydrogen) atoms. The van der Waals surface area contributed by atoms with Crippen molar-refractivity contribution >= 4 is 63.8 Å². The summed E-state index contributed by atoms with van der Waals surface area (Å²) in [6, 6.07) is 19.8. The minimum absolute atomic E-state index is 0.264. The fraction of sp³-hybridized carbons (Fsp3) is 0.115. The summed E-state index contributed by atoms with van der Waals surface area (Å²) in [6.07, 6.45) is 3.64. The Balaban J connectivity index is 1.48. The molecule has 11 heteroatoms. The number of nitrogens with zero attached hydrogens (tertiary/aromatic N) is 5. The van der Waals surface area contributed by atoms with Gasteiger partial charge in [0.15, 0.2) is 5.75 Å². The van der Waals surface area contributed by atoms with Gasteiger partial charge in [0, 0.05) is 28.9 Å². The lowest BCUT2D eigenvalue weighted by atomic mass is 10.0. The van der Waals surface area contributed by atoms with Crippen LogP contribution in [0.4, 0.5) is 5.95 Å². The van der Waals surface area contributed by atoms with Gasteiger partial charge in [-0.15, -0.1) is 11.6 Å². The van der Waals surface area contributed by atoms with E-state index in [2.05, 4.69) is 40.3 Å². The quantitative estimate of drug-likeness (QED) is 0.0938. The van der Waals surface area contributed by atoms with E-state index < -0.39 is 4.16 Å². The molecule has 5 rings (SSSR count). The molecule has 3 aromatic carbocycles. The number of nitriles is 1. The van der Waals surface area contributed by atoms with E-state index in [-0.39, 0.29) is 12.6 Å². The second-order valence-electron chi connectivity index (χ2n) is 8.40. The van der Waals surface area contributed by atoms with Crippen molar-refractivity contribution in [1.29, 1.82) is 5.26 Å². The monoisotopic (exact) mass is 551 g/mol. The molecule has 0 spiro atoms. The van der Waals surface area contributed by atoms with Crippen molar-refractivity contribution < 1.29 is 14.1 Å². The van der Waals surface area contributed by atoms with Crippen molar-refractivity contribution in [1.82, 2.24) is 14.5 Å². The molecular weight excluding hydrogens is 531 g/mol. The zero-order valence-corrected chi connectivity index (χ0v) is 22.0. The summed E-state index contributed by atoms with van der Waals surface area (Å²) >= 11 is 16.1. The van der Waals surface area contributed by atoms with Crippen molar-refractivity contribution in [3.05, 3.63) is 77.6 Å². The number of benzene rings is 3. The Labute approximate surface area is 228 Å². The van der Waals surface area contributed by atoms with Crippen molar-refractivity contribution in [2.75, 3.05) is 25.0 Å². The molecule has 0 aliphatic heterocycles. The van der Waals surface area contributed by atoms with Crippen LogP contribution in [0.15, 0.2) is 67.0 Å². The maximum Gasteiger partial charge on any atom is 0.273 e. The lowest BCUT2D eigenvalue weighted by Crippen LogP contribution is -2.36. The highest BCUT2D eigenvalue weighted by Gasteiger charge is 2.16. The summed E-state index contributed by atoms with van der Waals surface area (Å²) < 4.78 is 6.77. The molecule has 0 saturated heterocycles. The van der Waals surface area contributed by atoms with Crippen LogP contribution < -0.4 is 10.2 Å². The maximum absolute atomic E-state index is 9.76. The number of ether oxygens (including phenoxy) is 1. The van der Waals surface area contributed by atoms with Gasteiger partial charge >= 0.3 is 0 Å². The van der Waals surface area contributed by atoms with Crippen LogP contribution in [0, 0.1) is 11.3 Å². The average molecular weight is 552 g/mol. The molecular formula is C26H21Cl2N6O2S+. The van der Waals surface area contributed by atoms with Crippen LogP contribution in [-0.4, -0.2) is 43.4 Å². The number of fused-ring (bicyclic) bond motifs is 2. The summed E-state index contributed by atoms with van der Waals surface area (Å²) in [7, 11) is 1.44. The third kappa shape index (κ3) is 5.30. The molecule has 1 unspecified atom stereocenters. The zero-order valence-electron chi connectivity index (χ0n) is 19.6. The Morgan fingerprint density at radius 2 is 1.89 bits per heavy atom. The number of halogens is 2. The van der Waals surface area contributed by atoms with E-state index in [1.165, 1.54) is 7.05 Å². The van der Waals surface area contributed by atoms with Crippen molar-refractivity contribution in [2.45, 2.75) is 0 Å². The van der Waals surface area contributed by atoms with Crippen LogP contribution in [0.5, 0.6) is 5.75 Å². The molecule has 0 radical (unpaired) electrons. The summed E-state index contributed by atoms with van der Waals surface area (Å²) in [5.41, 5.74) is 7.53. The van der Waals surface area contributed by atoms with E-state index in [0.29, 0.717) is 22.2 Å². The summed E-state index contributed by atoms with van der Waals surface area (Å²) in [6.45, 7) is 0.264. The van der Waals surface area contributed by atoms with Crippen LogP contribution in [0.25, 0.3) is 38.6 Å². The van der Waals surface area contributed by atoms with Gasteiger partial charge in [-0.3, -0.25) is 0 Å². The number of alkyl halides is 1. The Bertz CT molecular complexity index is 1680. The normalized spacial score (nSPS) is 12.9. The first-order chi connectivity index (χ1) is 17.8. The topological polar surface area (TPSA) is 96.0 Å². The molecule has 2 heterocycles. The van der Waals surface area contributed by atoms with E-state index in [1.807, 2.05) is 47.2 Å². The number of thiol groups is 1. The van der Waals surface area contributed by atoms with Gasteiger partial charge in [-0.25, -0.2) is 9.97 Å². The second-order valence-corrected chi connectivity index (χ2v) is 9.97. The summed E-state index contributed by atoms with van der Waals surface area (Å²) in [5, 5.41) is 21.6. The van der Waals surface area contributed by atoms with E-state index in [4.69, 9.17) is 27.9 Å². The highest BCUT2D eigenvalue weighted by molar-refractivity contribution is 7.74. The van der Waals surface area contributed by atoms with E-state index in [0.717, 1.165) is 38.6 Å². The maximum atomic E-state index is 9.76. The van der Waals surface area contributed by atoms with Gasteiger partial charge in [0.05, 0.1) is 27.5 Å². The van der Waals surface area contributed by atoms with Crippen molar-refractivity contribution in [2.24, 2.45) is 0 Å². The molecule has 186 valence electrons. The Morgan fingerprint density at radius 1 is 1.14 bits per heavy atom. The standard InChI is InChI=1S/C26H21Cl2N6O2S/c1-34(35,37)32-26-30-15-20-11-16(2-4-23(20)31-26)17-3-5-24-18(10-17)6-8-33(24)21-12-19(14-29)25(22(28)13-21)36-9-7-27/h2-6,8,10-13,15,35,37H,7,9H2,1H3,(H,30,31,32)/q+1. The molecule has 0 bridgehead atoms. The van der Waals surface area contributed by atoms with E-state index in [9.17, 15) is 10.5 Å². The molecule has 5 aromatic rings. The smallest absolute Gasteiger partial charge is 0.273 e. The molecule has 2 N–H and O–H groups in total. The molecule has 8 nitrogen and oxygen atoms in total. The van der Waals surface area contributed by atoms with Crippen molar-refractivity contribution in [3.63, 3.8) is 0 Å². The lowest BCUT2D eigenvalue weighted by molar-refractivity contribution is -0.955. The summed E-state index contributed by atoms with van der Waals surface area (Å²) in [5.74, 6) is 0.904. The third-order valence-electron chi connectivity index (χ3n) is 5.67. The van der Waals surface area contributed by atoms with Crippen molar-refractivity contribution in [3.8, 4) is 28.6 Å². The predicted octanol–water partition coefficient (Wildman–Crippen LogP) is 6.39. The molecule has 2 aromatic heterocycles. The average Bonchev–Trinajstić information content (AvgIpc) is 3.29. The van der Waals surface area contributed by atoms with Gasteiger partial charge in [0.25, 0.3) is 5.95 Å². The molecule has 1 atom stereocenters. The largest absolute Gasteiger partial charge is 0.489 e. The highest BCUT2D eigenvalue weighted by Crippen LogP contribution is 2.34. The third-order valence-corrected chi connectivity index (χ3v) is 6.20. The second kappa shape index (κ2) is 10.1. The van der Waals surface area contributed by atoms with Crippen LogP contribution in [0.3, 0.4) is 0 Å². The highest BCUT2D eigenvalue weighted by atomic mass is 35.5. The fourth-order valence-electron chi connectivity index (χ4n) is 4.09. The Hall–Kier alpha value is -3.52. The molecule has 0 aliphatic carbocycles. The number of aromatic nitrogens is 3. The Morgan fingerprint density at radius 3 is 2.62 bits per heavy atom. The lowest BCUT2D eigenvalue weighted by Gasteiger charge is -2.16. The van der Waals surface area contributed by atoms with Crippen LogP contribution in [0.2, 0.25) is 5.02 Å². The first kappa shape index (κ1) is 25.1. The summed E-state index contributed by atoms with van der Waals surface area (Å²) in [4.78, 5) is 8.69. The SMILES string of the molecule is C[N+](O)(S)Nc1ncc2cc(-c3ccc4c(ccn4-c4cc(Cl)c(OCCCl)c(C#N)c4)c3)ccc2n1. The number of nitrogens with one attached hydrogen (secondary N) is 1. The van der Waals surface area contributed by atoms with Crippen LogP contribution in [0.1, 0.15) is 5.56 Å². The van der Waals surface area contributed by atoms with E-state index in [1.54, 1.807) is 18.3 Å². The number of hydrogen-bond acceptors (Lipinski definition) is 7. The molecule has 0 aliphatic rings. The fourth-order valence-corrected chi connectivity index (χ4v) is 4.53. The number of quaternary nitrogens is 1. The van der Waals surface area contributed by atoms with Gasteiger partial charge in [-0.05, 0) is 57.8 Å². The minimum Gasteiger partial charge on any atom is -0.489 e. The zero-order chi connectivity index (χ0) is 26.2. The van der Waals surface area contributed by atoms with Crippen LogP contribution in [-0.2, 0) is 0 Å². The number of rotatable bonds is 7. The first-order valence-corrected chi connectivity index (χ1v) is 12.5. The number of anilines is 1. The van der Waals surface area contributed by atoms with Crippen LogP contribution >= 0.6 is 36.0 Å². The number of hydroxylamine groups is 1. The van der Waals surface area contributed by atoms with E-state index >= 15 is 0 Å². The van der Waals surface area contributed by atoms with Gasteiger partial charge < -0.3 is 9.30 Å². The first-order valence-electron chi connectivity index (χ1n) is 11.2. The molecule has 0 saturated carbocycles. The minimum atomic E-state index is -0.779. The van der Waals surface area contributed by atoms with Gasteiger partial charge in [0.2, 0.25) is 0 Å². The van der Waals surface area contributed by atoms with Gasteiger partial charge in [-0.1, -0.05) is 23.7 Å². The Kier molecular flexibility index (Phi) is 6.86. The number of hydrogen-bond donors (Lipinski definition) is 3. The molecule has 0 amide bonds. The predicted molar refractivity (Wildman–Crippen MR) is 148 cm³/mol. The van der Waals surface area contributed by atoms with Gasteiger partial charge in [0.1, 0.15) is 32.5 Å². The molecule has 0 fully saturated rings.